The minimum absolute atomic E-state index is 0.0735. The van der Waals surface area contributed by atoms with Gasteiger partial charge in [0, 0.05) is 11.4 Å². The van der Waals surface area contributed by atoms with Gasteiger partial charge in [0.15, 0.2) is 0 Å². The van der Waals surface area contributed by atoms with Crippen molar-refractivity contribution in [1.82, 2.24) is 15.0 Å². The monoisotopic (exact) mass is 394 g/mol. The highest BCUT2D eigenvalue weighted by Crippen LogP contribution is 2.17. The number of carbonyl (C=O) groups is 1. The van der Waals surface area contributed by atoms with E-state index in [-0.39, 0.29) is 11.9 Å². The molecule has 0 unspecified atom stereocenters. The molecular formula is C20H22N6OS. The Labute approximate surface area is 168 Å². The Kier molecular flexibility index (Phi) is 6.44. The van der Waals surface area contributed by atoms with Crippen LogP contribution in [0.2, 0.25) is 0 Å². The van der Waals surface area contributed by atoms with E-state index in [1.54, 1.807) is 0 Å². The summed E-state index contributed by atoms with van der Waals surface area (Å²) in [6, 6.07) is 15.6. The molecule has 0 spiro atoms. The number of nitrogen functional groups attached to an aromatic ring is 1. The molecule has 1 heterocycles. The van der Waals surface area contributed by atoms with Gasteiger partial charge in [-0.2, -0.15) is 15.0 Å². The van der Waals surface area contributed by atoms with Crippen molar-refractivity contribution in [2.75, 3.05) is 22.1 Å². The van der Waals surface area contributed by atoms with Crippen molar-refractivity contribution in [3.8, 4) is 0 Å². The summed E-state index contributed by atoms with van der Waals surface area (Å²) in [5.74, 6) is 1.73. The third-order valence-corrected chi connectivity index (χ3v) is 4.70. The van der Waals surface area contributed by atoms with Crippen LogP contribution in [0.3, 0.4) is 0 Å². The molecule has 144 valence electrons. The zero-order chi connectivity index (χ0) is 19.9. The molecule has 0 fully saturated rings. The van der Waals surface area contributed by atoms with Gasteiger partial charge < -0.3 is 16.4 Å². The Morgan fingerprint density at radius 3 is 2.54 bits per heavy atom. The number of nitrogens with zero attached hydrogens (tertiary/aromatic N) is 3. The van der Waals surface area contributed by atoms with Gasteiger partial charge in [0.2, 0.25) is 17.8 Å². The molecule has 3 rings (SSSR count). The zero-order valence-corrected chi connectivity index (χ0v) is 16.6. The lowest BCUT2D eigenvalue weighted by atomic mass is 10.2. The van der Waals surface area contributed by atoms with Crippen LogP contribution in [0, 0.1) is 13.8 Å². The molecule has 2 aromatic carbocycles. The Morgan fingerprint density at radius 1 is 1.00 bits per heavy atom. The first-order valence-electron chi connectivity index (χ1n) is 8.76. The number of nitrogens with one attached hydrogen (secondary N) is 2. The van der Waals surface area contributed by atoms with Gasteiger partial charge in [-0.1, -0.05) is 29.8 Å². The molecule has 0 aliphatic carbocycles. The normalized spacial score (nSPS) is 10.5. The molecule has 28 heavy (non-hydrogen) atoms. The number of benzene rings is 2. The summed E-state index contributed by atoms with van der Waals surface area (Å²) < 4.78 is 0. The lowest BCUT2D eigenvalue weighted by Crippen LogP contribution is -2.14. The maximum atomic E-state index is 12.1. The molecule has 4 N–H and O–H groups in total. The van der Waals surface area contributed by atoms with E-state index in [9.17, 15) is 4.79 Å². The van der Waals surface area contributed by atoms with E-state index >= 15 is 0 Å². The van der Waals surface area contributed by atoms with Crippen LogP contribution in [-0.4, -0.2) is 26.6 Å². The highest BCUT2D eigenvalue weighted by atomic mass is 32.2. The number of hydrogen-bond acceptors (Lipinski definition) is 7. The van der Waals surface area contributed by atoms with E-state index in [2.05, 4.69) is 25.6 Å². The number of anilines is 4. The molecule has 0 aliphatic heterocycles. The van der Waals surface area contributed by atoms with Gasteiger partial charge in [-0.3, -0.25) is 4.79 Å². The Hall–Kier alpha value is -3.13. The van der Waals surface area contributed by atoms with Crippen LogP contribution in [-0.2, 0) is 10.5 Å². The first-order valence-corrected chi connectivity index (χ1v) is 9.92. The lowest BCUT2D eigenvalue weighted by molar-refractivity contribution is -0.113. The summed E-state index contributed by atoms with van der Waals surface area (Å²) in [6.45, 7) is 4.01. The average molecular weight is 395 g/mol. The highest BCUT2D eigenvalue weighted by molar-refractivity contribution is 7.99. The van der Waals surface area contributed by atoms with E-state index in [1.165, 1.54) is 17.3 Å². The second kappa shape index (κ2) is 9.18. The fourth-order valence-corrected chi connectivity index (χ4v) is 3.15. The molecule has 0 atom stereocenters. The number of aryl methyl sites for hydroxylation is 2. The topological polar surface area (TPSA) is 106 Å². The molecule has 8 heteroatoms. The zero-order valence-electron chi connectivity index (χ0n) is 15.8. The summed E-state index contributed by atoms with van der Waals surface area (Å²) in [6.07, 6.45) is 0. The van der Waals surface area contributed by atoms with Crippen LogP contribution in [0.15, 0.2) is 48.5 Å². The third kappa shape index (κ3) is 5.95. The number of hydrogen-bond donors (Lipinski definition) is 3. The van der Waals surface area contributed by atoms with Crippen molar-refractivity contribution >= 4 is 40.9 Å². The number of rotatable bonds is 7. The molecule has 0 saturated heterocycles. The van der Waals surface area contributed by atoms with E-state index < -0.39 is 0 Å². The first-order chi connectivity index (χ1) is 13.5. The van der Waals surface area contributed by atoms with Crippen LogP contribution in [0.1, 0.15) is 17.0 Å². The van der Waals surface area contributed by atoms with E-state index in [4.69, 9.17) is 5.73 Å². The smallest absolute Gasteiger partial charge is 0.234 e. The van der Waals surface area contributed by atoms with Crippen LogP contribution < -0.4 is 16.4 Å². The van der Waals surface area contributed by atoms with Crippen LogP contribution in [0.4, 0.5) is 23.3 Å². The number of thioether (sulfide) groups is 1. The van der Waals surface area contributed by atoms with Gasteiger partial charge in [0.05, 0.1) is 11.5 Å². The highest BCUT2D eigenvalue weighted by Gasteiger charge is 2.08. The number of amides is 1. The summed E-state index contributed by atoms with van der Waals surface area (Å²) in [4.78, 5) is 24.7. The SMILES string of the molecule is Cc1ccc(Nc2nc(N)nc(CSCC(=O)Nc3cccc(C)c3)n2)cc1. The average Bonchev–Trinajstić information content (AvgIpc) is 2.63. The van der Waals surface area contributed by atoms with Crippen molar-refractivity contribution in [1.29, 1.82) is 0 Å². The second-order valence-corrected chi connectivity index (χ2v) is 7.32. The fourth-order valence-electron chi connectivity index (χ4n) is 2.48. The minimum Gasteiger partial charge on any atom is -0.368 e. The van der Waals surface area contributed by atoms with E-state index in [0.717, 1.165) is 16.9 Å². The predicted octanol–water partition coefficient (Wildman–Crippen LogP) is 3.69. The van der Waals surface area contributed by atoms with Gasteiger partial charge in [-0.15, -0.1) is 11.8 Å². The Balaban J connectivity index is 1.54. The predicted molar refractivity (Wildman–Crippen MR) is 115 cm³/mol. The number of aromatic nitrogens is 3. The Bertz CT molecular complexity index is 961. The van der Waals surface area contributed by atoms with Crippen LogP contribution >= 0.6 is 11.8 Å². The van der Waals surface area contributed by atoms with Crippen LogP contribution in [0.5, 0.6) is 0 Å². The summed E-state index contributed by atoms with van der Waals surface area (Å²) in [5.41, 5.74) is 9.72. The molecule has 0 radical (unpaired) electrons. The summed E-state index contributed by atoms with van der Waals surface area (Å²) >= 11 is 1.42. The quantitative estimate of drug-likeness (QED) is 0.561. The first kappa shape index (κ1) is 19.6. The van der Waals surface area contributed by atoms with Crippen molar-refractivity contribution in [2.24, 2.45) is 0 Å². The van der Waals surface area contributed by atoms with Crippen molar-refractivity contribution < 1.29 is 4.79 Å². The molecule has 0 aliphatic rings. The molecular weight excluding hydrogens is 372 g/mol. The largest absolute Gasteiger partial charge is 0.368 e. The molecule has 1 amide bonds. The van der Waals surface area contributed by atoms with Gasteiger partial charge in [0.25, 0.3) is 0 Å². The van der Waals surface area contributed by atoms with Crippen molar-refractivity contribution in [2.45, 2.75) is 19.6 Å². The van der Waals surface area contributed by atoms with Gasteiger partial charge in [-0.25, -0.2) is 0 Å². The maximum Gasteiger partial charge on any atom is 0.234 e. The van der Waals surface area contributed by atoms with E-state index in [1.807, 2.05) is 62.4 Å². The number of nitrogens with two attached hydrogens (primary N) is 1. The maximum absolute atomic E-state index is 12.1. The standard InChI is InChI=1S/C20H22N6OS/c1-13-6-8-15(9-7-13)23-20-25-17(24-19(21)26-20)11-28-12-18(27)22-16-5-3-4-14(2)10-16/h3-10H,11-12H2,1-2H3,(H,22,27)(H3,21,23,24,25,26). The molecule has 7 nitrogen and oxygen atoms in total. The van der Waals surface area contributed by atoms with Crippen molar-refractivity contribution in [3.05, 3.63) is 65.5 Å². The summed E-state index contributed by atoms with van der Waals surface area (Å²) in [5, 5.41) is 6.00. The molecule has 0 bridgehead atoms. The fraction of sp³-hybridized carbons (Fsp3) is 0.200. The van der Waals surface area contributed by atoms with Crippen molar-refractivity contribution in [3.63, 3.8) is 0 Å². The van der Waals surface area contributed by atoms with Gasteiger partial charge in [0.1, 0.15) is 5.82 Å². The Morgan fingerprint density at radius 2 is 1.79 bits per heavy atom. The molecule has 0 saturated carbocycles. The van der Waals surface area contributed by atoms with E-state index in [0.29, 0.717) is 23.3 Å². The number of carbonyl (C=O) groups excluding carboxylic acids is 1. The molecule has 1 aromatic heterocycles. The lowest BCUT2D eigenvalue weighted by Gasteiger charge is -2.08. The summed E-state index contributed by atoms with van der Waals surface area (Å²) in [7, 11) is 0. The minimum atomic E-state index is -0.0735. The second-order valence-electron chi connectivity index (χ2n) is 6.33. The van der Waals surface area contributed by atoms with Crippen LogP contribution in [0.25, 0.3) is 0 Å². The molecule has 3 aromatic rings. The van der Waals surface area contributed by atoms with Gasteiger partial charge in [-0.05, 0) is 43.7 Å². The third-order valence-electron chi connectivity index (χ3n) is 3.77. The van der Waals surface area contributed by atoms with Gasteiger partial charge >= 0.3 is 0 Å².